The number of ether oxygens (including phenoxy) is 1. The Balaban J connectivity index is 1.62. The number of nitrogens with one attached hydrogen (secondary N) is 1. The Morgan fingerprint density at radius 1 is 1.22 bits per heavy atom. The van der Waals surface area contributed by atoms with Gasteiger partial charge in [-0.05, 0) is 49.1 Å². The zero-order chi connectivity index (χ0) is 23.1. The van der Waals surface area contributed by atoms with Gasteiger partial charge in [-0.25, -0.2) is 4.79 Å². The zero-order valence-corrected chi connectivity index (χ0v) is 18.1. The average Bonchev–Trinajstić information content (AvgIpc) is 3.19. The van der Waals surface area contributed by atoms with Crippen LogP contribution in [0.15, 0.2) is 51.9 Å². The van der Waals surface area contributed by atoms with Crippen LogP contribution in [-0.2, 0) is 24.2 Å². The lowest BCUT2D eigenvalue weighted by molar-refractivity contribution is -0.118. The van der Waals surface area contributed by atoms with Crippen LogP contribution < -0.4 is 21.4 Å². The van der Waals surface area contributed by atoms with Gasteiger partial charge in [0.15, 0.2) is 0 Å². The molecule has 0 radical (unpaired) electrons. The molecule has 2 heterocycles. The predicted octanol–water partition coefficient (Wildman–Crippen LogP) is 2.46. The Hall–Kier alpha value is -3.88. The lowest BCUT2D eigenvalue weighted by Gasteiger charge is -2.07. The van der Waals surface area contributed by atoms with Crippen molar-refractivity contribution in [2.75, 3.05) is 12.4 Å². The zero-order valence-electron chi connectivity index (χ0n) is 18.1. The highest BCUT2D eigenvalue weighted by atomic mass is 16.5. The number of nitrogens with two attached hydrogens (primary N) is 1. The summed E-state index contributed by atoms with van der Waals surface area (Å²) in [5.74, 6) is 0.361. The predicted molar refractivity (Wildman–Crippen MR) is 119 cm³/mol. The molecule has 0 fully saturated rings. The van der Waals surface area contributed by atoms with Crippen molar-refractivity contribution >= 4 is 17.5 Å². The molecule has 3 N–H and O–H groups in total. The minimum atomic E-state index is -0.680. The van der Waals surface area contributed by atoms with Crippen LogP contribution in [0.1, 0.15) is 40.1 Å². The SMILES string of the molecule is COc1ccc(CCc2cc(C)c(C(=O)Nc3cnn(CCCC(N)=O)c3)c(=O)o2)cc1. The van der Waals surface area contributed by atoms with Crippen molar-refractivity contribution in [3.63, 3.8) is 0 Å². The normalized spacial score (nSPS) is 10.7. The van der Waals surface area contributed by atoms with Crippen LogP contribution in [0.4, 0.5) is 5.69 Å². The van der Waals surface area contributed by atoms with Crippen LogP contribution in [-0.4, -0.2) is 28.7 Å². The Kier molecular flexibility index (Phi) is 7.43. The third-order valence-corrected chi connectivity index (χ3v) is 4.95. The number of aryl methyl sites for hydroxylation is 4. The third kappa shape index (κ3) is 6.07. The summed E-state index contributed by atoms with van der Waals surface area (Å²) < 4.78 is 12.1. The highest BCUT2D eigenvalue weighted by Crippen LogP contribution is 2.15. The van der Waals surface area contributed by atoms with E-state index in [2.05, 4.69) is 10.4 Å². The number of primary amides is 1. The van der Waals surface area contributed by atoms with Crippen LogP contribution in [0, 0.1) is 6.92 Å². The number of carbonyl (C=O) groups excluding carboxylic acids is 2. The minimum Gasteiger partial charge on any atom is -0.497 e. The molecule has 2 amide bonds. The van der Waals surface area contributed by atoms with Gasteiger partial charge in [0.25, 0.3) is 5.91 Å². The number of anilines is 1. The summed E-state index contributed by atoms with van der Waals surface area (Å²) in [6.07, 6.45) is 5.12. The summed E-state index contributed by atoms with van der Waals surface area (Å²) in [6.45, 7) is 2.19. The number of amides is 2. The van der Waals surface area contributed by atoms with E-state index in [4.69, 9.17) is 14.9 Å². The van der Waals surface area contributed by atoms with Gasteiger partial charge in [-0.1, -0.05) is 12.1 Å². The number of hydrogen-bond acceptors (Lipinski definition) is 6. The molecule has 3 aromatic rings. The third-order valence-electron chi connectivity index (χ3n) is 4.95. The Labute approximate surface area is 185 Å². The monoisotopic (exact) mass is 438 g/mol. The van der Waals surface area contributed by atoms with Crippen molar-refractivity contribution in [2.24, 2.45) is 5.73 Å². The van der Waals surface area contributed by atoms with E-state index in [0.717, 1.165) is 11.3 Å². The second kappa shape index (κ2) is 10.4. The number of nitrogens with zero attached hydrogens (tertiary/aromatic N) is 2. The quantitative estimate of drug-likeness (QED) is 0.500. The van der Waals surface area contributed by atoms with Crippen molar-refractivity contribution in [3.05, 3.63) is 75.6 Å². The van der Waals surface area contributed by atoms with Gasteiger partial charge in [0.1, 0.15) is 17.1 Å². The molecule has 9 heteroatoms. The molecular formula is C23H26N4O5. The van der Waals surface area contributed by atoms with Gasteiger partial charge in [0.05, 0.1) is 19.0 Å². The van der Waals surface area contributed by atoms with E-state index in [-0.39, 0.29) is 17.9 Å². The fraction of sp³-hybridized carbons (Fsp3) is 0.304. The van der Waals surface area contributed by atoms with Crippen molar-refractivity contribution in [2.45, 2.75) is 39.2 Å². The second-order valence-corrected chi connectivity index (χ2v) is 7.42. The molecule has 32 heavy (non-hydrogen) atoms. The molecule has 0 aliphatic rings. The molecule has 168 valence electrons. The Bertz CT molecular complexity index is 1150. The summed E-state index contributed by atoms with van der Waals surface area (Å²) in [4.78, 5) is 35.9. The van der Waals surface area contributed by atoms with Crippen molar-refractivity contribution in [1.29, 1.82) is 0 Å². The van der Waals surface area contributed by atoms with Crippen molar-refractivity contribution < 1.29 is 18.7 Å². The average molecular weight is 438 g/mol. The van der Waals surface area contributed by atoms with Gasteiger partial charge in [0.2, 0.25) is 5.91 Å². The minimum absolute atomic E-state index is 0.0420. The number of aromatic nitrogens is 2. The van der Waals surface area contributed by atoms with Crippen LogP contribution in [0.2, 0.25) is 0 Å². The topological polar surface area (TPSA) is 129 Å². The summed E-state index contributed by atoms with van der Waals surface area (Å²) in [5.41, 5.74) is 6.46. The number of methoxy groups -OCH3 is 1. The fourth-order valence-electron chi connectivity index (χ4n) is 3.29. The standard InChI is InChI=1S/C23H26N4O5/c1-15-12-19(10-7-16-5-8-18(31-2)9-6-16)32-23(30)21(15)22(29)26-17-13-25-27(14-17)11-3-4-20(24)28/h5-6,8-9,12-14H,3-4,7,10-11H2,1-2H3,(H2,24,28)(H,26,29). The molecule has 9 nitrogen and oxygen atoms in total. The molecule has 0 atom stereocenters. The van der Waals surface area contributed by atoms with Crippen LogP contribution >= 0.6 is 0 Å². The lowest BCUT2D eigenvalue weighted by Crippen LogP contribution is -2.23. The second-order valence-electron chi connectivity index (χ2n) is 7.42. The van der Waals surface area contributed by atoms with E-state index in [1.54, 1.807) is 31.0 Å². The van der Waals surface area contributed by atoms with Gasteiger partial charge in [-0.15, -0.1) is 0 Å². The number of rotatable bonds is 10. The Morgan fingerprint density at radius 2 is 1.97 bits per heavy atom. The maximum atomic E-state index is 12.6. The molecule has 0 aliphatic carbocycles. The van der Waals surface area contributed by atoms with Crippen molar-refractivity contribution in [3.8, 4) is 5.75 Å². The molecule has 0 unspecified atom stereocenters. The van der Waals surface area contributed by atoms with Gasteiger partial charge in [-0.2, -0.15) is 5.10 Å². The summed E-state index contributed by atoms with van der Waals surface area (Å²) in [6, 6.07) is 9.39. The molecule has 0 saturated heterocycles. The maximum absolute atomic E-state index is 12.6. The van der Waals surface area contributed by atoms with E-state index >= 15 is 0 Å². The highest BCUT2D eigenvalue weighted by molar-refractivity contribution is 6.04. The van der Waals surface area contributed by atoms with Gasteiger partial charge in [-0.3, -0.25) is 14.3 Å². The smallest absolute Gasteiger partial charge is 0.349 e. The van der Waals surface area contributed by atoms with Crippen LogP contribution in [0.5, 0.6) is 5.75 Å². The summed E-state index contributed by atoms with van der Waals surface area (Å²) in [7, 11) is 1.61. The molecule has 1 aromatic carbocycles. The molecule has 0 aliphatic heterocycles. The van der Waals surface area contributed by atoms with E-state index < -0.39 is 11.5 Å². The Morgan fingerprint density at radius 3 is 2.62 bits per heavy atom. The van der Waals surface area contributed by atoms with Gasteiger partial charge >= 0.3 is 5.63 Å². The first-order chi connectivity index (χ1) is 15.4. The fourth-order valence-corrected chi connectivity index (χ4v) is 3.29. The summed E-state index contributed by atoms with van der Waals surface area (Å²) in [5, 5.41) is 6.78. The van der Waals surface area contributed by atoms with E-state index in [1.165, 1.54) is 6.20 Å². The van der Waals surface area contributed by atoms with Gasteiger partial charge < -0.3 is 20.2 Å². The maximum Gasteiger partial charge on any atom is 0.349 e. The van der Waals surface area contributed by atoms with E-state index in [1.807, 2.05) is 24.3 Å². The summed E-state index contributed by atoms with van der Waals surface area (Å²) >= 11 is 0. The first-order valence-electron chi connectivity index (χ1n) is 10.2. The molecule has 0 saturated carbocycles. The van der Waals surface area contributed by atoms with Crippen LogP contribution in [0.3, 0.4) is 0 Å². The molecule has 3 rings (SSSR count). The number of hydrogen-bond donors (Lipinski definition) is 2. The van der Waals surface area contributed by atoms with Crippen LogP contribution in [0.25, 0.3) is 0 Å². The molecular weight excluding hydrogens is 412 g/mol. The van der Waals surface area contributed by atoms with E-state index in [9.17, 15) is 14.4 Å². The lowest BCUT2D eigenvalue weighted by atomic mass is 10.1. The largest absolute Gasteiger partial charge is 0.497 e. The first-order valence-corrected chi connectivity index (χ1v) is 10.2. The van der Waals surface area contributed by atoms with E-state index in [0.29, 0.717) is 42.8 Å². The first kappa shape index (κ1) is 22.8. The van der Waals surface area contributed by atoms with Gasteiger partial charge in [0, 0.05) is 25.6 Å². The molecule has 2 aromatic heterocycles. The molecule has 0 bridgehead atoms. The van der Waals surface area contributed by atoms with Crippen molar-refractivity contribution in [1.82, 2.24) is 9.78 Å². The number of carbonyl (C=O) groups is 2. The highest BCUT2D eigenvalue weighted by Gasteiger charge is 2.18. The number of benzene rings is 1. The molecule has 0 spiro atoms.